The second-order valence-electron chi connectivity index (χ2n) is 4.64. The summed E-state index contributed by atoms with van der Waals surface area (Å²) in [4.78, 5) is 0. The molecule has 0 bridgehead atoms. The lowest BCUT2D eigenvalue weighted by molar-refractivity contribution is 0.373. The minimum absolute atomic E-state index is 0.102. The lowest BCUT2D eigenvalue weighted by Gasteiger charge is -2.21. The molecule has 5 heteroatoms. The van der Waals surface area contributed by atoms with Crippen LogP contribution in [-0.2, 0) is 13.5 Å². The lowest BCUT2D eigenvalue weighted by atomic mass is 9.99. The molecule has 20 heavy (non-hydrogen) atoms. The first-order chi connectivity index (χ1) is 9.69. The van der Waals surface area contributed by atoms with Crippen LogP contribution in [0.15, 0.2) is 30.6 Å². The number of nitrogens with zero attached hydrogens (tertiary/aromatic N) is 2. The second kappa shape index (κ2) is 6.43. The van der Waals surface area contributed by atoms with Crippen molar-refractivity contribution in [2.45, 2.75) is 12.5 Å². The van der Waals surface area contributed by atoms with Crippen molar-refractivity contribution in [3.8, 4) is 11.5 Å². The van der Waals surface area contributed by atoms with Crippen LogP contribution in [0.2, 0.25) is 0 Å². The zero-order valence-corrected chi connectivity index (χ0v) is 12.4. The Morgan fingerprint density at radius 3 is 2.35 bits per heavy atom. The van der Waals surface area contributed by atoms with E-state index >= 15 is 0 Å². The Morgan fingerprint density at radius 2 is 1.90 bits per heavy atom. The van der Waals surface area contributed by atoms with Gasteiger partial charge in [-0.15, -0.1) is 0 Å². The van der Waals surface area contributed by atoms with Crippen molar-refractivity contribution < 1.29 is 9.47 Å². The van der Waals surface area contributed by atoms with Crippen molar-refractivity contribution in [2.24, 2.45) is 7.05 Å². The molecule has 0 spiro atoms. The predicted octanol–water partition coefficient (Wildman–Crippen LogP) is 1.94. The molecule has 0 saturated heterocycles. The van der Waals surface area contributed by atoms with Gasteiger partial charge in [-0.2, -0.15) is 5.10 Å². The minimum atomic E-state index is 0.102. The third kappa shape index (κ3) is 2.93. The van der Waals surface area contributed by atoms with E-state index in [1.807, 2.05) is 49.4 Å². The molecule has 0 aliphatic rings. The van der Waals surface area contributed by atoms with Gasteiger partial charge in [-0.3, -0.25) is 4.68 Å². The first-order valence-electron chi connectivity index (χ1n) is 6.55. The minimum Gasteiger partial charge on any atom is -0.496 e. The molecule has 0 amide bonds. The highest BCUT2D eigenvalue weighted by molar-refractivity contribution is 5.47. The summed E-state index contributed by atoms with van der Waals surface area (Å²) >= 11 is 0. The van der Waals surface area contributed by atoms with E-state index in [0.717, 1.165) is 23.5 Å². The van der Waals surface area contributed by atoms with Crippen LogP contribution in [0.4, 0.5) is 0 Å². The van der Waals surface area contributed by atoms with Gasteiger partial charge in [-0.05, 0) is 31.2 Å². The average molecular weight is 275 g/mol. The predicted molar refractivity (Wildman–Crippen MR) is 78.3 cm³/mol. The number of nitrogens with one attached hydrogen (secondary N) is 1. The van der Waals surface area contributed by atoms with E-state index in [-0.39, 0.29) is 6.04 Å². The summed E-state index contributed by atoms with van der Waals surface area (Å²) in [6.07, 6.45) is 4.72. The molecule has 2 aromatic rings. The topological polar surface area (TPSA) is 48.3 Å². The standard InChI is InChI=1S/C15H21N3O2/c1-16-12(8-11-9-17-18(2)10-11)15-13(19-3)6-5-7-14(15)20-4/h5-7,9-10,12,16H,8H2,1-4H3. The highest BCUT2D eigenvalue weighted by Crippen LogP contribution is 2.35. The summed E-state index contributed by atoms with van der Waals surface area (Å²) in [6, 6.07) is 5.93. The normalized spacial score (nSPS) is 12.2. The highest BCUT2D eigenvalue weighted by Gasteiger charge is 2.20. The molecule has 5 nitrogen and oxygen atoms in total. The van der Waals surface area contributed by atoms with Crippen molar-refractivity contribution in [2.75, 3.05) is 21.3 Å². The molecule has 108 valence electrons. The lowest BCUT2D eigenvalue weighted by Crippen LogP contribution is -2.20. The van der Waals surface area contributed by atoms with Crippen molar-refractivity contribution >= 4 is 0 Å². The quantitative estimate of drug-likeness (QED) is 0.875. The SMILES string of the molecule is CNC(Cc1cnn(C)c1)c1c(OC)cccc1OC. The van der Waals surface area contributed by atoms with Crippen molar-refractivity contribution in [3.63, 3.8) is 0 Å². The van der Waals surface area contributed by atoms with Crippen molar-refractivity contribution in [1.29, 1.82) is 0 Å². The third-order valence-electron chi connectivity index (χ3n) is 3.36. The maximum absolute atomic E-state index is 5.47. The smallest absolute Gasteiger partial charge is 0.127 e. The number of ether oxygens (including phenoxy) is 2. The molecule has 1 aromatic carbocycles. The van der Waals surface area contributed by atoms with Gasteiger partial charge in [-0.25, -0.2) is 0 Å². The van der Waals surface area contributed by atoms with Gasteiger partial charge in [0.25, 0.3) is 0 Å². The van der Waals surface area contributed by atoms with Gasteiger partial charge in [-0.1, -0.05) is 6.07 Å². The fraction of sp³-hybridized carbons (Fsp3) is 0.400. The molecule has 0 aliphatic heterocycles. The van der Waals surface area contributed by atoms with Crippen LogP contribution in [0, 0.1) is 0 Å². The fourth-order valence-corrected chi connectivity index (χ4v) is 2.38. The molecule has 2 rings (SSSR count). The zero-order valence-electron chi connectivity index (χ0n) is 12.4. The van der Waals surface area contributed by atoms with Gasteiger partial charge in [0.15, 0.2) is 0 Å². The fourth-order valence-electron chi connectivity index (χ4n) is 2.38. The number of aryl methyl sites for hydroxylation is 1. The van der Waals surface area contributed by atoms with Crippen LogP contribution in [0.5, 0.6) is 11.5 Å². The van der Waals surface area contributed by atoms with Gasteiger partial charge < -0.3 is 14.8 Å². The molecule has 0 fully saturated rings. The monoisotopic (exact) mass is 275 g/mol. The molecular formula is C15H21N3O2. The molecular weight excluding hydrogens is 254 g/mol. The zero-order chi connectivity index (χ0) is 14.5. The van der Waals surface area contributed by atoms with Crippen LogP contribution >= 0.6 is 0 Å². The van der Waals surface area contributed by atoms with Gasteiger partial charge in [0, 0.05) is 19.3 Å². The summed E-state index contributed by atoms with van der Waals surface area (Å²) in [5.74, 6) is 1.65. The summed E-state index contributed by atoms with van der Waals surface area (Å²) in [6.45, 7) is 0. The van der Waals surface area contributed by atoms with Crippen LogP contribution in [-0.4, -0.2) is 31.0 Å². The van der Waals surface area contributed by atoms with Gasteiger partial charge in [0.2, 0.25) is 0 Å². The first kappa shape index (κ1) is 14.4. The van der Waals surface area contributed by atoms with Gasteiger partial charge >= 0.3 is 0 Å². The number of methoxy groups -OCH3 is 2. The Morgan fingerprint density at radius 1 is 1.25 bits per heavy atom. The Kier molecular flexibility index (Phi) is 4.63. The highest BCUT2D eigenvalue weighted by atomic mass is 16.5. The average Bonchev–Trinajstić information content (AvgIpc) is 2.89. The maximum atomic E-state index is 5.47. The van der Waals surface area contributed by atoms with Gasteiger partial charge in [0.1, 0.15) is 11.5 Å². The van der Waals surface area contributed by atoms with E-state index in [9.17, 15) is 0 Å². The first-order valence-corrected chi connectivity index (χ1v) is 6.55. The Labute approximate surface area is 119 Å². The Balaban J connectivity index is 2.35. The number of aromatic nitrogens is 2. The molecule has 0 aliphatic carbocycles. The summed E-state index contributed by atoms with van der Waals surface area (Å²) < 4.78 is 12.8. The van der Waals surface area contributed by atoms with Crippen LogP contribution in [0.3, 0.4) is 0 Å². The summed E-state index contributed by atoms with van der Waals surface area (Å²) in [5.41, 5.74) is 2.20. The Bertz CT molecular complexity index is 544. The van der Waals surface area contributed by atoms with Crippen LogP contribution in [0.1, 0.15) is 17.2 Å². The Hall–Kier alpha value is -2.01. The van der Waals surface area contributed by atoms with Crippen molar-refractivity contribution in [1.82, 2.24) is 15.1 Å². The number of hydrogen-bond donors (Lipinski definition) is 1. The van der Waals surface area contributed by atoms with Crippen LogP contribution in [0.25, 0.3) is 0 Å². The molecule has 0 saturated carbocycles. The molecule has 0 radical (unpaired) electrons. The third-order valence-corrected chi connectivity index (χ3v) is 3.36. The summed E-state index contributed by atoms with van der Waals surface area (Å²) in [5, 5.41) is 7.54. The number of rotatable bonds is 6. The van der Waals surface area contributed by atoms with E-state index in [0.29, 0.717) is 0 Å². The van der Waals surface area contributed by atoms with E-state index in [4.69, 9.17) is 9.47 Å². The number of likely N-dealkylation sites (N-methyl/N-ethyl adjacent to an activating group) is 1. The number of benzene rings is 1. The van der Waals surface area contributed by atoms with E-state index in [1.165, 1.54) is 5.56 Å². The second-order valence-corrected chi connectivity index (χ2v) is 4.64. The molecule has 1 N–H and O–H groups in total. The van der Waals surface area contributed by atoms with E-state index < -0.39 is 0 Å². The van der Waals surface area contributed by atoms with E-state index in [1.54, 1.807) is 14.2 Å². The van der Waals surface area contributed by atoms with Crippen LogP contribution < -0.4 is 14.8 Å². The summed E-state index contributed by atoms with van der Waals surface area (Å²) in [7, 11) is 7.21. The number of hydrogen-bond acceptors (Lipinski definition) is 4. The van der Waals surface area contributed by atoms with E-state index in [2.05, 4.69) is 10.4 Å². The van der Waals surface area contributed by atoms with Gasteiger partial charge in [0.05, 0.1) is 26.0 Å². The molecule has 1 atom stereocenters. The maximum Gasteiger partial charge on any atom is 0.127 e. The molecule has 1 unspecified atom stereocenters. The van der Waals surface area contributed by atoms with Crippen molar-refractivity contribution in [3.05, 3.63) is 41.7 Å². The molecule has 1 aromatic heterocycles. The molecule has 1 heterocycles. The largest absolute Gasteiger partial charge is 0.496 e.